The van der Waals surface area contributed by atoms with Gasteiger partial charge < -0.3 is 24.3 Å². The van der Waals surface area contributed by atoms with Crippen LogP contribution in [-0.4, -0.2) is 52.5 Å². The summed E-state index contributed by atoms with van der Waals surface area (Å²) in [6.07, 6.45) is 6.61. The van der Waals surface area contributed by atoms with Gasteiger partial charge in [0.2, 0.25) is 0 Å². The van der Waals surface area contributed by atoms with Crippen molar-refractivity contribution in [1.29, 1.82) is 0 Å². The third-order valence-corrected chi connectivity index (χ3v) is 3.96. The minimum atomic E-state index is -0.494. The van der Waals surface area contributed by atoms with Crippen LogP contribution in [-0.2, 0) is 4.79 Å². The molecule has 0 aromatic heterocycles. The van der Waals surface area contributed by atoms with Gasteiger partial charge in [0.15, 0.2) is 23.0 Å². The molecule has 0 saturated carbocycles. The van der Waals surface area contributed by atoms with E-state index < -0.39 is 11.8 Å². The summed E-state index contributed by atoms with van der Waals surface area (Å²) in [5.41, 5.74) is 3.33. The van der Waals surface area contributed by atoms with Crippen LogP contribution >= 0.6 is 0 Å². The van der Waals surface area contributed by atoms with Crippen LogP contribution in [0, 0.1) is 12.3 Å². The Kier molecular flexibility index (Phi) is 8.73. The number of ether oxygens (including phenoxy) is 4. The van der Waals surface area contributed by atoms with Crippen LogP contribution in [0.15, 0.2) is 41.5 Å². The zero-order valence-corrected chi connectivity index (χ0v) is 17.4. The molecular weight excluding hydrogens is 402 g/mol. The van der Waals surface area contributed by atoms with E-state index >= 15 is 0 Å². The fraction of sp³-hybridized carbons (Fsp3) is 0.227. The zero-order valence-electron chi connectivity index (χ0n) is 17.4. The number of rotatable bonds is 10. The van der Waals surface area contributed by atoms with Gasteiger partial charge in [-0.15, -0.1) is 6.42 Å². The normalized spacial score (nSPS) is 10.1. The van der Waals surface area contributed by atoms with Gasteiger partial charge in [-0.25, -0.2) is 5.43 Å². The maximum absolute atomic E-state index is 12.2. The highest BCUT2D eigenvalue weighted by molar-refractivity contribution is 5.97. The molecule has 9 heteroatoms. The van der Waals surface area contributed by atoms with Crippen LogP contribution in [0.4, 0.5) is 0 Å². The summed E-state index contributed by atoms with van der Waals surface area (Å²) in [5.74, 6) is 3.33. The lowest BCUT2D eigenvalue weighted by molar-refractivity contribution is -0.120. The molecule has 0 aliphatic rings. The predicted octanol–water partition coefficient (Wildman–Crippen LogP) is 1.60. The van der Waals surface area contributed by atoms with Gasteiger partial charge in [0, 0.05) is 5.56 Å². The first-order valence-corrected chi connectivity index (χ1v) is 9.08. The van der Waals surface area contributed by atoms with Crippen molar-refractivity contribution < 1.29 is 28.5 Å². The highest BCUT2D eigenvalue weighted by atomic mass is 16.5. The molecule has 0 radical (unpaired) electrons. The largest absolute Gasteiger partial charge is 0.493 e. The van der Waals surface area contributed by atoms with Crippen LogP contribution in [0.2, 0.25) is 0 Å². The molecule has 2 aromatic rings. The number of benzene rings is 2. The quantitative estimate of drug-likeness (QED) is 0.340. The molecule has 0 unspecified atom stereocenters. The van der Waals surface area contributed by atoms with Gasteiger partial charge in [-0.05, 0) is 42.0 Å². The maximum atomic E-state index is 12.2. The Morgan fingerprint density at radius 1 is 1.00 bits per heavy atom. The predicted molar refractivity (Wildman–Crippen MR) is 115 cm³/mol. The molecular formula is C22H23N3O6. The number of carbonyl (C=O) groups excluding carboxylic acids is 2. The number of nitrogens with one attached hydrogen (secondary N) is 2. The van der Waals surface area contributed by atoms with Gasteiger partial charge in [-0.2, -0.15) is 5.10 Å². The highest BCUT2D eigenvalue weighted by Crippen LogP contribution is 2.28. The summed E-state index contributed by atoms with van der Waals surface area (Å²) < 4.78 is 20.9. The van der Waals surface area contributed by atoms with Crippen molar-refractivity contribution in [2.24, 2.45) is 5.10 Å². The Morgan fingerprint density at radius 2 is 1.68 bits per heavy atom. The Balaban J connectivity index is 1.88. The van der Waals surface area contributed by atoms with Crippen LogP contribution in [0.25, 0.3) is 0 Å². The van der Waals surface area contributed by atoms with Crippen molar-refractivity contribution in [3.05, 3.63) is 47.5 Å². The molecule has 0 bridgehead atoms. The fourth-order valence-electron chi connectivity index (χ4n) is 2.46. The summed E-state index contributed by atoms with van der Waals surface area (Å²) in [5, 5.41) is 6.38. The number of hydrazone groups is 1. The van der Waals surface area contributed by atoms with Gasteiger partial charge in [-0.1, -0.05) is 5.92 Å². The van der Waals surface area contributed by atoms with E-state index in [0.29, 0.717) is 34.1 Å². The molecule has 9 nitrogen and oxygen atoms in total. The summed E-state index contributed by atoms with van der Waals surface area (Å²) in [4.78, 5) is 24.2. The lowest BCUT2D eigenvalue weighted by Crippen LogP contribution is -2.34. The van der Waals surface area contributed by atoms with E-state index in [1.165, 1.54) is 33.6 Å². The average molecular weight is 425 g/mol. The Hall–Kier alpha value is -4.19. The Labute approximate surface area is 180 Å². The standard InChI is InChI=1S/C22H23N3O6/c1-5-10-31-18-8-6-15(11-19(18)29-3)13-24-25-21(26)14-23-22(27)16-7-9-17(28-2)20(12-16)30-4/h1,6-9,11-13H,10,14H2,2-4H3,(H,23,27)(H,25,26)/b24-13-. The number of carbonyl (C=O) groups is 2. The number of terminal acetylenes is 1. The molecule has 0 aliphatic carbocycles. The van der Waals surface area contributed by atoms with E-state index in [4.69, 9.17) is 25.4 Å². The topological polar surface area (TPSA) is 107 Å². The molecule has 0 aliphatic heterocycles. The van der Waals surface area contributed by atoms with Crippen LogP contribution in [0.5, 0.6) is 23.0 Å². The van der Waals surface area contributed by atoms with Crippen molar-refractivity contribution in [1.82, 2.24) is 10.7 Å². The van der Waals surface area contributed by atoms with E-state index in [-0.39, 0.29) is 13.2 Å². The molecule has 2 rings (SSSR count). The smallest absolute Gasteiger partial charge is 0.259 e. The Morgan fingerprint density at radius 3 is 2.35 bits per heavy atom. The number of nitrogens with zero attached hydrogens (tertiary/aromatic N) is 1. The second-order valence-corrected chi connectivity index (χ2v) is 5.95. The molecule has 2 amide bonds. The number of hydrogen-bond donors (Lipinski definition) is 2. The summed E-state index contributed by atoms with van der Waals surface area (Å²) >= 11 is 0. The van der Waals surface area contributed by atoms with Crippen LogP contribution < -0.4 is 29.7 Å². The second kappa shape index (κ2) is 11.7. The molecule has 0 atom stereocenters. The third-order valence-electron chi connectivity index (χ3n) is 3.96. The molecule has 0 heterocycles. The number of methoxy groups -OCH3 is 3. The average Bonchev–Trinajstić information content (AvgIpc) is 2.80. The summed E-state index contributed by atoms with van der Waals surface area (Å²) in [6, 6.07) is 9.78. The minimum Gasteiger partial charge on any atom is -0.493 e. The molecule has 0 fully saturated rings. The van der Waals surface area contributed by atoms with Crippen molar-refractivity contribution in [3.63, 3.8) is 0 Å². The number of hydrogen-bond acceptors (Lipinski definition) is 7. The molecule has 0 spiro atoms. The van der Waals surface area contributed by atoms with E-state index in [1.807, 2.05) is 0 Å². The molecule has 0 saturated heterocycles. The van der Waals surface area contributed by atoms with Crippen LogP contribution in [0.3, 0.4) is 0 Å². The first-order chi connectivity index (χ1) is 15.0. The lowest BCUT2D eigenvalue weighted by Gasteiger charge is -2.10. The van der Waals surface area contributed by atoms with E-state index in [0.717, 1.165) is 0 Å². The van der Waals surface area contributed by atoms with E-state index in [9.17, 15) is 9.59 Å². The molecule has 162 valence electrons. The molecule has 2 aromatic carbocycles. The van der Waals surface area contributed by atoms with E-state index in [1.54, 1.807) is 30.3 Å². The lowest BCUT2D eigenvalue weighted by atomic mass is 10.2. The highest BCUT2D eigenvalue weighted by Gasteiger charge is 2.12. The van der Waals surface area contributed by atoms with Gasteiger partial charge in [0.05, 0.1) is 34.1 Å². The Bertz CT molecular complexity index is 997. The van der Waals surface area contributed by atoms with Gasteiger partial charge in [-0.3, -0.25) is 9.59 Å². The van der Waals surface area contributed by atoms with Crippen molar-refractivity contribution in [2.45, 2.75) is 0 Å². The van der Waals surface area contributed by atoms with Gasteiger partial charge in [0.1, 0.15) is 6.61 Å². The van der Waals surface area contributed by atoms with Gasteiger partial charge in [0.25, 0.3) is 11.8 Å². The van der Waals surface area contributed by atoms with Crippen molar-refractivity contribution in [3.8, 4) is 35.3 Å². The van der Waals surface area contributed by atoms with Gasteiger partial charge >= 0.3 is 0 Å². The molecule has 2 N–H and O–H groups in total. The minimum absolute atomic E-state index is 0.120. The third kappa shape index (κ3) is 6.68. The summed E-state index contributed by atoms with van der Waals surface area (Å²) in [6.45, 7) is -0.137. The SMILES string of the molecule is C#CCOc1ccc(/C=N\NC(=O)CNC(=O)c2ccc(OC)c(OC)c2)cc1OC. The zero-order chi connectivity index (χ0) is 22.6. The second-order valence-electron chi connectivity index (χ2n) is 5.95. The van der Waals surface area contributed by atoms with Crippen LogP contribution in [0.1, 0.15) is 15.9 Å². The van der Waals surface area contributed by atoms with E-state index in [2.05, 4.69) is 21.8 Å². The van der Waals surface area contributed by atoms with Crippen molar-refractivity contribution >= 4 is 18.0 Å². The first kappa shape index (κ1) is 23.1. The maximum Gasteiger partial charge on any atom is 0.259 e. The van der Waals surface area contributed by atoms with Crippen molar-refractivity contribution in [2.75, 3.05) is 34.5 Å². The molecule has 31 heavy (non-hydrogen) atoms. The monoisotopic (exact) mass is 425 g/mol. The first-order valence-electron chi connectivity index (χ1n) is 9.08. The fourth-order valence-corrected chi connectivity index (χ4v) is 2.46. The summed E-state index contributed by atoms with van der Waals surface area (Å²) in [7, 11) is 4.47. The number of amides is 2.